The molecular formula is C19H21NO3. The molecule has 4 heteroatoms. The summed E-state index contributed by atoms with van der Waals surface area (Å²) in [6.45, 7) is 1.93. The quantitative estimate of drug-likeness (QED) is 0.882. The number of nitrogens with one attached hydrogen (secondary N) is 1. The fraction of sp³-hybridized carbons (Fsp3) is 0.368. The second-order valence-electron chi connectivity index (χ2n) is 6.20. The Balaban J connectivity index is 1.76. The zero-order valence-corrected chi connectivity index (χ0v) is 13.3. The molecule has 0 bridgehead atoms. The summed E-state index contributed by atoms with van der Waals surface area (Å²) in [5, 5.41) is 3.54. The van der Waals surface area contributed by atoms with E-state index in [2.05, 4.69) is 5.32 Å². The third kappa shape index (κ3) is 3.70. The summed E-state index contributed by atoms with van der Waals surface area (Å²) in [6, 6.07) is 5.76. The summed E-state index contributed by atoms with van der Waals surface area (Å²) >= 11 is 0. The highest BCUT2D eigenvalue weighted by atomic mass is 16.3. The van der Waals surface area contributed by atoms with Crippen molar-refractivity contribution in [3.8, 4) is 0 Å². The Hall–Kier alpha value is -2.36. The normalized spacial score (nSPS) is 16.0. The minimum Gasteiger partial charge on any atom is -0.463 e. The molecular weight excluding hydrogens is 290 g/mol. The summed E-state index contributed by atoms with van der Waals surface area (Å²) in [5.41, 5.74) is 1.84. The fourth-order valence-corrected chi connectivity index (χ4v) is 3.04. The van der Waals surface area contributed by atoms with Crippen LogP contribution in [0.25, 0.3) is 17.0 Å². The average Bonchev–Trinajstić information content (AvgIpc) is 2.56. The van der Waals surface area contributed by atoms with E-state index in [9.17, 15) is 9.59 Å². The van der Waals surface area contributed by atoms with Gasteiger partial charge in [-0.05, 0) is 38.0 Å². The van der Waals surface area contributed by atoms with Crippen LogP contribution in [0.4, 0.5) is 0 Å². The third-order valence-electron chi connectivity index (χ3n) is 4.32. The molecule has 0 atom stereocenters. The van der Waals surface area contributed by atoms with Crippen LogP contribution >= 0.6 is 0 Å². The predicted molar refractivity (Wildman–Crippen MR) is 91.3 cm³/mol. The second kappa shape index (κ2) is 6.82. The van der Waals surface area contributed by atoms with Crippen LogP contribution in [0, 0.1) is 6.92 Å². The van der Waals surface area contributed by atoms with Crippen LogP contribution in [-0.4, -0.2) is 11.9 Å². The first-order valence-corrected chi connectivity index (χ1v) is 8.14. The lowest BCUT2D eigenvalue weighted by Crippen LogP contribution is -2.35. The number of hydrogen-bond donors (Lipinski definition) is 1. The molecule has 4 nitrogen and oxygen atoms in total. The molecule has 1 amide bonds. The Kier molecular flexibility index (Phi) is 4.60. The molecule has 0 saturated heterocycles. The molecule has 23 heavy (non-hydrogen) atoms. The van der Waals surface area contributed by atoms with E-state index in [1.54, 1.807) is 12.1 Å². The standard InChI is InChI=1S/C19H21NO3/c1-13-7-9-17-16(11-13)19(22)14(12-23-17)8-10-18(21)20-15-5-3-2-4-6-15/h7-12,15H,2-6H2,1H3,(H,20,21)/b10-8+. The Labute approximate surface area is 135 Å². The average molecular weight is 311 g/mol. The van der Waals surface area contributed by atoms with Gasteiger partial charge in [-0.25, -0.2) is 0 Å². The van der Waals surface area contributed by atoms with Crippen molar-refractivity contribution < 1.29 is 9.21 Å². The monoisotopic (exact) mass is 311 g/mol. The molecule has 0 aliphatic heterocycles. The maximum atomic E-state index is 12.4. The Bertz CT molecular complexity index is 798. The van der Waals surface area contributed by atoms with E-state index in [1.807, 2.05) is 13.0 Å². The molecule has 1 heterocycles. The number of carbonyl (C=O) groups is 1. The van der Waals surface area contributed by atoms with Gasteiger partial charge in [-0.2, -0.15) is 0 Å². The highest BCUT2D eigenvalue weighted by Gasteiger charge is 2.14. The Morgan fingerprint density at radius 2 is 2.04 bits per heavy atom. The molecule has 0 spiro atoms. The van der Waals surface area contributed by atoms with Crippen LogP contribution in [0.5, 0.6) is 0 Å². The number of hydrogen-bond acceptors (Lipinski definition) is 3. The molecule has 120 valence electrons. The molecule has 1 aromatic carbocycles. The van der Waals surface area contributed by atoms with Crippen molar-refractivity contribution in [2.24, 2.45) is 0 Å². The minimum atomic E-state index is -0.152. The zero-order chi connectivity index (χ0) is 16.2. The summed E-state index contributed by atoms with van der Waals surface area (Å²) in [7, 11) is 0. The van der Waals surface area contributed by atoms with Gasteiger partial charge in [-0.1, -0.05) is 30.9 Å². The molecule has 1 aromatic heterocycles. The summed E-state index contributed by atoms with van der Waals surface area (Å²) in [6.07, 6.45) is 10.0. The van der Waals surface area contributed by atoms with Gasteiger partial charge >= 0.3 is 0 Å². The van der Waals surface area contributed by atoms with Crippen molar-refractivity contribution in [1.82, 2.24) is 5.32 Å². The topological polar surface area (TPSA) is 59.3 Å². The van der Waals surface area contributed by atoms with Gasteiger partial charge in [0.1, 0.15) is 11.8 Å². The molecule has 1 aliphatic carbocycles. The van der Waals surface area contributed by atoms with E-state index < -0.39 is 0 Å². The lowest BCUT2D eigenvalue weighted by atomic mass is 9.95. The van der Waals surface area contributed by atoms with E-state index in [-0.39, 0.29) is 17.4 Å². The van der Waals surface area contributed by atoms with Crippen LogP contribution in [0.1, 0.15) is 43.2 Å². The van der Waals surface area contributed by atoms with Gasteiger partial charge in [0.2, 0.25) is 5.91 Å². The fourth-order valence-electron chi connectivity index (χ4n) is 3.04. The van der Waals surface area contributed by atoms with Crippen molar-refractivity contribution in [3.63, 3.8) is 0 Å². The lowest BCUT2D eigenvalue weighted by Gasteiger charge is -2.21. The van der Waals surface area contributed by atoms with Gasteiger partial charge in [0.05, 0.1) is 10.9 Å². The van der Waals surface area contributed by atoms with Crippen molar-refractivity contribution in [1.29, 1.82) is 0 Å². The van der Waals surface area contributed by atoms with Crippen LogP contribution in [0.2, 0.25) is 0 Å². The lowest BCUT2D eigenvalue weighted by molar-refractivity contribution is -0.117. The van der Waals surface area contributed by atoms with Crippen LogP contribution in [-0.2, 0) is 4.79 Å². The maximum Gasteiger partial charge on any atom is 0.244 e. The van der Waals surface area contributed by atoms with Crippen molar-refractivity contribution in [2.75, 3.05) is 0 Å². The van der Waals surface area contributed by atoms with Crippen molar-refractivity contribution in [3.05, 3.63) is 51.9 Å². The van der Waals surface area contributed by atoms with Gasteiger partial charge < -0.3 is 9.73 Å². The highest BCUT2D eigenvalue weighted by Crippen LogP contribution is 2.17. The Morgan fingerprint density at radius 1 is 1.26 bits per heavy atom. The first kappa shape index (κ1) is 15.5. The maximum absolute atomic E-state index is 12.4. The van der Waals surface area contributed by atoms with Gasteiger partial charge in [0, 0.05) is 12.1 Å². The zero-order valence-electron chi connectivity index (χ0n) is 13.3. The predicted octanol–water partition coefficient (Wildman–Crippen LogP) is 3.56. The summed E-state index contributed by atoms with van der Waals surface area (Å²) in [5.74, 6) is -0.152. The van der Waals surface area contributed by atoms with Gasteiger partial charge in [0.15, 0.2) is 5.43 Å². The first-order chi connectivity index (χ1) is 11.1. The highest BCUT2D eigenvalue weighted by molar-refractivity contribution is 5.92. The van der Waals surface area contributed by atoms with Gasteiger partial charge in [-0.3, -0.25) is 9.59 Å². The largest absolute Gasteiger partial charge is 0.463 e. The van der Waals surface area contributed by atoms with Crippen molar-refractivity contribution in [2.45, 2.75) is 45.1 Å². The number of amides is 1. The van der Waals surface area contributed by atoms with Crippen molar-refractivity contribution >= 4 is 23.0 Å². The summed E-state index contributed by atoms with van der Waals surface area (Å²) in [4.78, 5) is 24.4. The van der Waals surface area contributed by atoms with E-state index in [1.165, 1.54) is 37.7 Å². The smallest absolute Gasteiger partial charge is 0.244 e. The van der Waals surface area contributed by atoms with Crippen LogP contribution in [0.3, 0.4) is 0 Å². The van der Waals surface area contributed by atoms with Crippen LogP contribution in [0.15, 0.2) is 39.7 Å². The molecule has 0 radical (unpaired) electrons. The summed E-state index contributed by atoms with van der Waals surface area (Å²) < 4.78 is 5.48. The second-order valence-corrected chi connectivity index (χ2v) is 6.20. The number of aryl methyl sites for hydroxylation is 1. The molecule has 0 unspecified atom stereocenters. The molecule has 1 fully saturated rings. The first-order valence-electron chi connectivity index (χ1n) is 8.14. The van der Waals surface area contributed by atoms with Crippen LogP contribution < -0.4 is 10.7 Å². The van der Waals surface area contributed by atoms with E-state index in [0.29, 0.717) is 16.5 Å². The SMILES string of the molecule is Cc1ccc2occ(/C=C/C(=O)NC3CCCCC3)c(=O)c2c1. The molecule has 3 rings (SSSR count). The van der Waals surface area contributed by atoms with E-state index in [4.69, 9.17) is 4.42 Å². The third-order valence-corrected chi connectivity index (χ3v) is 4.32. The number of rotatable bonds is 3. The van der Waals surface area contributed by atoms with E-state index >= 15 is 0 Å². The Morgan fingerprint density at radius 3 is 2.83 bits per heavy atom. The van der Waals surface area contributed by atoms with E-state index in [0.717, 1.165) is 18.4 Å². The number of fused-ring (bicyclic) bond motifs is 1. The molecule has 1 saturated carbocycles. The molecule has 2 aromatic rings. The minimum absolute atomic E-state index is 0.114. The van der Waals surface area contributed by atoms with Gasteiger partial charge in [0.25, 0.3) is 0 Å². The molecule has 1 N–H and O–H groups in total. The number of carbonyl (C=O) groups excluding carboxylic acids is 1. The number of benzene rings is 1. The molecule has 1 aliphatic rings. The van der Waals surface area contributed by atoms with Gasteiger partial charge in [-0.15, -0.1) is 0 Å².